The Labute approximate surface area is 162 Å². The van der Waals surface area contributed by atoms with Crippen LogP contribution in [0, 0.1) is 0 Å². The molecule has 3 heterocycles. The molecule has 2 aromatic heterocycles. The average molecular weight is 366 g/mol. The van der Waals surface area contributed by atoms with Gasteiger partial charge in [-0.1, -0.05) is 42.5 Å². The zero-order valence-corrected chi connectivity index (χ0v) is 15.1. The monoisotopic (exact) mass is 366 g/mol. The Morgan fingerprint density at radius 3 is 2.75 bits per heavy atom. The number of pyridine rings is 1. The third-order valence-electron chi connectivity index (χ3n) is 5.15. The van der Waals surface area contributed by atoms with Crippen molar-refractivity contribution in [1.29, 1.82) is 0 Å². The van der Waals surface area contributed by atoms with E-state index in [1.54, 1.807) is 6.20 Å². The number of hydrazone groups is 1. The largest absolute Gasteiger partial charge is 0.346 e. The molecule has 0 aliphatic carbocycles. The summed E-state index contributed by atoms with van der Waals surface area (Å²) in [7, 11) is 0. The topological polar surface area (TPSA) is 70.1 Å². The molecule has 0 saturated heterocycles. The highest BCUT2D eigenvalue weighted by molar-refractivity contribution is 6.06. The minimum Gasteiger partial charge on any atom is -0.346 e. The Balaban J connectivity index is 1.61. The second-order valence-electron chi connectivity index (χ2n) is 6.87. The van der Waals surface area contributed by atoms with Gasteiger partial charge in [0, 0.05) is 35.3 Å². The van der Waals surface area contributed by atoms with Crippen LogP contribution in [0.15, 0.2) is 78.2 Å². The van der Waals surface area contributed by atoms with Gasteiger partial charge in [0.05, 0.1) is 5.71 Å². The fourth-order valence-electron chi connectivity index (χ4n) is 3.74. The third-order valence-corrected chi connectivity index (χ3v) is 5.15. The predicted molar refractivity (Wildman–Crippen MR) is 110 cm³/mol. The maximum Gasteiger partial charge on any atom is 0.148 e. The minimum atomic E-state index is -0.423. The molecule has 0 fully saturated rings. The average Bonchev–Trinajstić information content (AvgIpc) is 3.19. The highest BCUT2D eigenvalue weighted by atomic mass is 16.1. The van der Waals surface area contributed by atoms with Gasteiger partial charge < -0.3 is 9.78 Å². The maximum atomic E-state index is 11.5. The van der Waals surface area contributed by atoms with Gasteiger partial charge in [-0.05, 0) is 34.9 Å². The quantitative estimate of drug-likeness (QED) is 0.536. The van der Waals surface area contributed by atoms with Crippen LogP contribution in [0.1, 0.15) is 22.7 Å². The first kappa shape index (κ1) is 16.4. The zero-order valence-electron chi connectivity index (χ0n) is 15.1. The molecule has 1 aliphatic rings. The number of carbonyl (C=O) groups is 1. The van der Waals surface area contributed by atoms with Gasteiger partial charge >= 0.3 is 0 Å². The lowest BCUT2D eigenvalue weighted by atomic mass is 9.90. The smallest absolute Gasteiger partial charge is 0.148 e. The molecule has 5 nitrogen and oxygen atoms in total. The first-order valence-corrected chi connectivity index (χ1v) is 9.21. The number of rotatable bonds is 4. The Kier molecular flexibility index (Phi) is 3.98. The number of aldehydes is 1. The number of fused-ring (bicyclic) bond motifs is 2. The molecule has 1 aliphatic heterocycles. The van der Waals surface area contributed by atoms with Crippen LogP contribution in [0.3, 0.4) is 0 Å². The number of hydrogen-bond acceptors (Lipinski definition) is 4. The summed E-state index contributed by atoms with van der Waals surface area (Å²) < 4.78 is 0. The molecule has 1 unspecified atom stereocenters. The van der Waals surface area contributed by atoms with Gasteiger partial charge in [-0.15, -0.1) is 0 Å². The molecule has 2 N–H and O–H groups in total. The van der Waals surface area contributed by atoms with E-state index in [1.807, 2.05) is 36.5 Å². The Hall–Kier alpha value is -3.73. The molecule has 1 atom stereocenters. The normalized spacial score (nSPS) is 15.6. The van der Waals surface area contributed by atoms with Crippen LogP contribution in [-0.2, 0) is 11.2 Å². The van der Waals surface area contributed by atoms with Crippen LogP contribution in [0.2, 0.25) is 0 Å². The van der Waals surface area contributed by atoms with E-state index in [1.165, 1.54) is 5.56 Å². The summed E-state index contributed by atoms with van der Waals surface area (Å²) in [5, 5.41) is 5.59. The number of hydrogen-bond donors (Lipinski definition) is 2. The van der Waals surface area contributed by atoms with Crippen molar-refractivity contribution < 1.29 is 4.79 Å². The van der Waals surface area contributed by atoms with Crippen molar-refractivity contribution in [2.75, 3.05) is 0 Å². The Morgan fingerprint density at radius 2 is 1.89 bits per heavy atom. The predicted octanol–water partition coefficient (Wildman–Crippen LogP) is 4.02. The van der Waals surface area contributed by atoms with E-state index in [0.29, 0.717) is 6.42 Å². The van der Waals surface area contributed by atoms with Gasteiger partial charge in [0.15, 0.2) is 0 Å². The Bertz CT molecular complexity index is 1190. The molecule has 136 valence electrons. The molecule has 5 rings (SSSR count). The van der Waals surface area contributed by atoms with E-state index in [0.717, 1.165) is 45.3 Å². The molecular weight excluding hydrogens is 348 g/mol. The molecule has 0 saturated carbocycles. The summed E-state index contributed by atoms with van der Waals surface area (Å²) in [6.07, 6.45) is 5.36. The lowest BCUT2D eigenvalue weighted by Crippen LogP contribution is -2.28. The molecule has 5 heteroatoms. The van der Waals surface area contributed by atoms with Gasteiger partial charge in [0.25, 0.3) is 0 Å². The van der Waals surface area contributed by atoms with Crippen molar-refractivity contribution in [3.05, 3.63) is 89.7 Å². The number of benzene rings is 2. The van der Waals surface area contributed by atoms with Crippen LogP contribution < -0.4 is 5.43 Å². The lowest BCUT2D eigenvalue weighted by molar-refractivity contribution is -0.109. The molecule has 28 heavy (non-hydrogen) atoms. The van der Waals surface area contributed by atoms with E-state index in [4.69, 9.17) is 0 Å². The van der Waals surface area contributed by atoms with Crippen LogP contribution in [-0.4, -0.2) is 22.0 Å². The van der Waals surface area contributed by atoms with E-state index in [-0.39, 0.29) is 0 Å². The summed E-state index contributed by atoms with van der Waals surface area (Å²) >= 11 is 0. The van der Waals surface area contributed by atoms with E-state index in [2.05, 4.69) is 50.8 Å². The fraction of sp³-hybridized carbons (Fsp3) is 0.0870. The van der Waals surface area contributed by atoms with E-state index in [9.17, 15) is 4.79 Å². The molecule has 0 spiro atoms. The van der Waals surface area contributed by atoms with Gasteiger partial charge in [-0.25, -0.2) is 4.98 Å². The summed E-state index contributed by atoms with van der Waals surface area (Å²) in [5.74, 6) is 0. The number of nitrogens with zero attached hydrogens (tertiary/aromatic N) is 2. The van der Waals surface area contributed by atoms with Crippen LogP contribution in [0.5, 0.6) is 0 Å². The number of aromatic amines is 1. The molecule has 4 aromatic rings. The van der Waals surface area contributed by atoms with Crippen molar-refractivity contribution in [2.24, 2.45) is 5.10 Å². The first-order valence-electron chi connectivity index (χ1n) is 9.21. The Morgan fingerprint density at radius 1 is 1.00 bits per heavy atom. The van der Waals surface area contributed by atoms with Crippen LogP contribution >= 0.6 is 0 Å². The van der Waals surface area contributed by atoms with E-state index >= 15 is 0 Å². The van der Waals surface area contributed by atoms with Gasteiger partial charge in [0.1, 0.15) is 18.0 Å². The summed E-state index contributed by atoms with van der Waals surface area (Å²) in [6, 6.07) is 20.0. The summed E-state index contributed by atoms with van der Waals surface area (Å²) in [5.41, 5.74) is 10.1. The van der Waals surface area contributed by atoms with Gasteiger partial charge in [-0.2, -0.15) is 5.10 Å². The zero-order chi connectivity index (χ0) is 18.9. The highest BCUT2D eigenvalue weighted by Crippen LogP contribution is 2.32. The number of H-pyrrole nitrogens is 1. The van der Waals surface area contributed by atoms with Crippen molar-refractivity contribution in [3.8, 4) is 11.1 Å². The van der Waals surface area contributed by atoms with Crippen molar-refractivity contribution in [2.45, 2.75) is 12.5 Å². The third kappa shape index (κ3) is 2.77. The molecular formula is C23H18N4O. The minimum absolute atomic E-state index is 0.423. The summed E-state index contributed by atoms with van der Waals surface area (Å²) in [6.45, 7) is 0. The first-order chi connectivity index (χ1) is 13.8. The highest BCUT2D eigenvalue weighted by Gasteiger charge is 2.23. The summed E-state index contributed by atoms with van der Waals surface area (Å²) in [4.78, 5) is 19.1. The SMILES string of the molecule is O=CC1NN=C(Cc2ccccc2)c2cc(-c3c[nH]c4ncccc34)ccc21. The maximum absolute atomic E-state index is 11.5. The number of carbonyl (C=O) groups excluding carboxylic acids is 1. The van der Waals surface area contributed by atoms with Crippen molar-refractivity contribution in [3.63, 3.8) is 0 Å². The second-order valence-corrected chi connectivity index (χ2v) is 6.87. The van der Waals surface area contributed by atoms with Crippen molar-refractivity contribution in [1.82, 2.24) is 15.4 Å². The lowest BCUT2D eigenvalue weighted by Gasteiger charge is -2.23. The number of aromatic nitrogens is 2. The van der Waals surface area contributed by atoms with Gasteiger partial charge in [0.2, 0.25) is 0 Å². The molecule has 0 amide bonds. The molecule has 0 radical (unpaired) electrons. The van der Waals surface area contributed by atoms with E-state index < -0.39 is 6.04 Å². The van der Waals surface area contributed by atoms with Crippen LogP contribution in [0.4, 0.5) is 0 Å². The standard InChI is InChI=1S/C23H18N4O/c28-14-22-17-9-8-16(20-13-25-23-18(20)7-4-10-24-23)12-19(17)21(26-27-22)11-15-5-2-1-3-6-15/h1-10,12-14,22,27H,11H2,(H,24,25). The van der Waals surface area contributed by atoms with Crippen molar-refractivity contribution >= 4 is 23.0 Å². The number of nitrogens with one attached hydrogen (secondary N) is 2. The second kappa shape index (κ2) is 6.78. The van der Waals surface area contributed by atoms with Gasteiger partial charge in [-0.3, -0.25) is 5.43 Å². The fourth-order valence-corrected chi connectivity index (χ4v) is 3.74. The van der Waals surface area contributed by atoms with Crippen LogP contribution in [0.25, 0.3) is 22.2 Å². The molecule has 0 bridgehead atoms. The molecule has 2 aromatic carbocycles.